The predicted molar refractivity (Wildman–Crippen MR) is 68.2 cm³/mol. The molecule has 0 saturated carbocycles. The Bertz CT molecular complexity index is 386. The van der Waals surface area contributed by atoms with E-state index in [1.54, 1.807) is 27.8 Å². The van der Waals surface area contributed by atoms with Crippen LogP contribution in [0, 0.1) is 0 Å². The second-order valence-corrected chi connectivity index (χ2v) is 3.91. The number of phenolic OH excluding ortho intramolecular Hbond substituents is 1. The van der Waals surface area contributed by atoms with E-state index >= 15 is 0 Å². The summed E-state index contributed by atoms with van der Waals surface area (Å²) in [7, 11) is 5.06. The van der Waals surface area contributed by atoms with Crippen LogP contribution in [0.1, 0.15) is 5.56 Å². The normalized spacial score (nSPS) is 12.1. The molecule has 0 aliphatic carbocycles. The number of benzene rings is 1. The highest BCUT2D eigenvalue weighted by molar-refractivity contribution is 6.41. The number of amides is 1. The first kappa shape index (κ1) is 12.6. The van der Waals surface area contributed by atoms with Gasteiger partial charge in [0.05, 0.1) is 0 Å². The number of hydrogen-bond donors (Lipinski definition) is 3. The summed E-state index contributed by atoms with van der Waals surface area (Å²) in [6, 6.07) is 3.54. The van der Waals surface area contributed by atoms with E-state index in [1.807, 2.05) is 0 Å². The minimum atomic E-state index is -1.05. The van der Waals surface area contributed by atoms with Crippen molar-refractivity contribution in [3.8, 4) is 5.75 Å². The van der Waals surface area contributed by atoms with Crippen LogP contribution < -0.4 is 16.2 Å². The number of carbonyl (C=O) groups is 1. The summed E-state index contributed by atoms with van der Waals surface area (Å²) in [6.45, 7) is 0. The molecule has 0 spiro atoms. The molecule has 0 fully saturated rings. The van der Waals surface area contributed by atoms with Crippen molar-refractivity contribution < 1.29 is 15.0 Å². The van der Waals surface area contributed by atoms with E-state index in [0.717, 1.165) is 16.5 Å². The molecule has 1 rings (SSSR count). The number of likely N-dealkylation sites (N-methyl/N-ethyl adjacent to an activating group) is 1. The standard InChI is InChI=1S/C10H15B2NO3/c1-13-10(16)8(14)4-5-2-6(11)9(15)7(12)3-5/h2-3,8,14-15H,4,11-12H2,1H3,(H,13,16)/t8-/m1/s1. The fraction of sp³-hybridized carbons (Fsp3) is 0.300. The molecule has 6 heteroatoms. The van der Waals surface area contributed by atoms with Crippen LogP contribution in [-0.4, -0.2) is 45.0 Å². The number of phenols is 1. The van der Waals surface area contributed by atoms with Gasteiger partial charge in [0.25, 0.3) is 0 Å². The molecule has 1 aromatic carbocycles. The van der Waals surface area contributed by atoms with Crippen molar-refractivity contribution in [1.29, 1.82) is 0 Å². The zero-order valence-electron chi connectivity index (χ0n) is 9.74. The number of hydrogen-bond acceptors (Lipinski definition) is 3. The number of aromatic hydroxyl groups is 1. The van der Waals surface area contributed by atoms with Crippen LogP contribution in [0.3, 0.4) is 0 Å². The fourth-order valence-corrected chi connectivity index (χ4v) is 1.65. The lowest BCUT2D eigenvalue weighted by Gasteiger charge is -2.11. The lowest BCUT2D eigenvalue weighted by molar-refractivity contribution is -0.128. The summed E-state index contributed by atoms with van der Waals surface area (Å²) >= 11 is 0. The molecular formula is C10H15B2NO3. The highest BCUT2D eigenvalue weighted by atomic mass is 16.3. The number of carbonyl (C=O) groups excluding carboxylic acids is 1. The third-order valence-corrected chi connectivity index (χ3v) is 2.53. The van der Waals surface area contributed by atoms with Crippen LogP contribution in [-0.2, 0) is 11.2 Å². The molecule has 0 heterocycles. The highest BCUT2D eigenvalue weighted by Crippen LogP contribution is 2.06. The van der Waals surface area contributed by atoms with E-state index in [9.17, 15) is 15.0 Å². The third-order valence-electron chi connectivity index (χ3n) is 2.53. The van der Waals surface area contributed by atoms with E-state index in [4.69, 9.17) is 0 Å². The predicted octanol–water partition coefficient (Wildman–Crippen LogP) is -3.44. The topological polar surface area (TPSA) is 69.6 Å². The summed E-state index contributed by atoms with van der Waals surface area (Å²) in [5.41, 5.74) is 2.34. The number of rotatable bonds is 3. The molecule has 0 unspecified atom stereocenters. The van der Waals surface area contributed by atoms with E-state index in [-0.39, 0.29) is 12.2 Å². The van der Waals surface area contributed by atoms with Crippen LogP contribution >= 0.6 is 0 Å². The van der Waals surface area contributed by atoms with Crippen LogP contribution in [0.15, 0.2) is 12.1 Å². The third kappa shape index (κ3) is 2.79. The van der Waals surface area contributed by atoms with Crippen molar-refractivity contribution in [2.45, 2.75) is 12.5 Å². The van der Waals surface area contributed by atoms with Gasteiger partial charge in [-0.05, 0) is 16.5 Å². The van der Waals surface area contributed by atoms with Crippen LogP contribution in [0.2, 0.25) is 0 Å². The summed E-state index contributed by atoms with van der Waals surface area (Å²) in [5.74, 6) is -0.137. The molecule has 3 N–H and O–H groups in total. The lowest BCUT2D eigenvalue weighted by atomic mass is 9.83. The summed E-state index contributed by atoms with van der Waals surface area (Å²) in [4.78, 5) is 11.1. The molecule has 0 bridgehead atoms. The molecule has 0 saturated heterocycles. The first-order valence-electron chi connectivity index (χ1n) is 5.14. The van der Waals surface area contributed by atoms with Crippen molar-refractivity contribution in [3.63, 3.8) is 0 Å². The van der Waals surface area contributed by atoms with Crippen LogP contribution in [0.25, 0.3) is 0 Å². The van der Waals surface area contributed by atoms with Gasteiger partial charge in [0.1, 0.15) is 27.5 Å². The molecule has 0 aliphatic heterocycles. The van der Waals surface area contributed by atoms with Crippen molar-refractivity contribution >= 4 is 32.5 Å². The van der Waals surface area contributed by atoms with E-state index in [1.165, 1.54) is 7.05 Å². The number of aliphatic hydroxyl groups is 1. The maximum atomic E-state index is 11.1. The molecule has 0 radical (unpaired) electrons. The summed E-state index contributed by atoms with van der Waals surface area (Å²) < 4.78 is 0. The van der Waals surface area contributed by atoms with Gasteiger partial charge in [0.2, 0.25) is 5.91 Å². The zero-order chi connectivity index (χ0) is 12.3. The minimum Gasteiger partial charge on any atom is -0.509 e. The Morgan fingerprint density at radius 2 is 1.94 bits per heavy atom. The molecular weight excluding hydrogens is 204 g/mol. The smallest absolute Gasteiger partial charge is 0.248 e. The van der Waals surface area contributed by atoms with E-state index in [2.05, 4.69) is 5.32 Å². The number of nitrogens with one attached hydrogen (secondary N) is 1. The highest BCUT2D eigenvalue weighted by Gasteiger charge is 2.14. The fourth-order valence-electron chi connectivity index (χ4n) is 1.65. The van der Waals surface area contributed by atoms with Gasteiger partial charge in [-0.2, -0.15) is 0 Å². The van der Waals surface area contributed by atoms with Gasteiger partial charge in [-0.15, -0.1) is 0 Å². The molecule has 1 atom stereocenters. The second kappa shape index (κ2) is 5.07. The first-order chi connectivity index (χ1) is 7.45. The van der Waals surface area contributed by atoms with Gasteiger partial charge in [-0.3, -0.25) is 4.79 Å². The average molecular weight is 219 g/mol. The van der Waals surface area contributed by atoms with E-state index < -0.39 is 12.0 Å². The van der Waals surface area contributed by atoms with Crippen molar-refractivity contribution in [3.05, 3.63) is 17.7 Å². The van der Waals surface area contributed by atoms with Crippen LogP contribution in [0.5, 0.6) is 5.75 Å². The molecule has 84 valence electrons. The largest absolute Gasteiger partial charge is 0.509 e. The summed E-state index contributed by atoms with van der Waals surface area (Å²) in [5, 5.41) is 21.5. The molecule has 0 aromatic heterocycles. The first-order valence-corrected chi connectivity index (χ1v) is 5.14. The Morgan fingerprint density at radius 3 is 2.38 bits per heavy atom. The number of aliphatic hydroxyl groups excluding tert-OH is 1. The SMILES string of the molecule is Bc1cc(C[C@@H](O)C(=O)NC)cc(B)c1O. The van der Waals surface area contributed by atoms with Gasteiger partial charge in [-0.1, -0.05) is 12.1 Å². The Balaban J connectivity index is 2.86. The van der Waals surface area contributed by atoms with Gasteiger partial charge < -0.3 is 15.5 Å². The Labute approximate surface area is 96.5 Å². The van der Waals surface area contributed by atoms with Crippen molar-refractivity contribution in [1.82, 2.24) is 5.32 Å². The van der Waals surface area contributed by atoms with Gasteiger partial charge in [0, 0.05) is 13.5 Å². The maximum absolute atomic E-state index is 11.1. The lowest BCUT2D eigenvalue weighted by Crippen LogP contribution is -2.33. The molecule has 1 aromatic rings. The Hall–Kier alpha value is -1.42. The Morgan fingerprint density at radius 1 is 1.44 bits per heavy atom. The molecule has 4 nitrogen and oxygen atoms in total. The second-order valence-electron chi connectivity index (χ2n) is 3.91. The van der Waals surface area contributed by atoms with Crippen molar-refractivity contribution in [2.75, 3.05) is 7.05 Å². The maximum Gasteiger partial charge on any atom is 0.248 e. The molecule has 16 heavy (non-hydrogen) atoms. The average Bonchev–Trinajstić information content (AvgIpc) is 2.24. The van der Waals surface area contributed by atoms with E-state index in [0.29, 0.717) is 0 Å². The minimum absolute atomic E-state index is 0.252. The molecule has 1 amide bonds. The van der Waals surface area contributed by atoms with Crippen molar-refractivity contribution in [2.24, 2.45) is 0 Å². The quantitative estimate of drug-likeness (QED) is 0.463. The molecule has 0 aliphatic rings. The van der Waals surface area contributed by atoms with Gasteiger partial charge >= 0.3 is 0 Å². The van der Waals surface area contributed by atoms with Crippen LogP contribution in [0.4, 0.5) is 0 Å². The Kier molecular flexibility index (Phi) is 4.01. The van der Waals surface area contributed by atoms with Gasteiger partial charge in [-0.25, -0.2) is 0 Å². The summed E-state index contributed by atoms with van der Waals surface area (Å²) in [6.07, 6.45) is -0.796. The monoisotopic (exact) mass is 219 g/mol. The van der Waals surface area contributed by atoms with Gasteiger partial charge in [0.15, 0.2) is 0 Å². The zero-order valence-corrected chi connectivity index (χ0v) is 9.74.